The Balaban J connectivity index is 2.47. The maximum atomic E-state index is 11.7. The minimum absolute atomic E-state index is 0.0937. The van der Waals surface area contributed by atoms with Crippen LogP contribution in [0.2, 0.25) is 0 Å². The molecule has 1 rings (SSSR count). The molecule has 0 amide bonds. The van der Waals surface area contributed by atoms with Crippen molar-refractivity contribution in [3.63, 3.8) is 0 Å². The molecule has 0 aromatic heterocycles. The normalized spacial score (nSPS) is 19.6. The van der Waals surface area contributed by atoms with Gasteiger partial charge in [0, 0.05) is 5.57 Å². The first-order valence-electron chi connectivity index (χ1n) is 5.43. The van der Waals surface area contributed by atoms with Crippen LogP contribution in [0.15, 0.2) is 11.6 Å². The van der Waals surface area contributed by atoms with Crippen LogP contribution in [0.3, 0.4) is 0 Å². The van der Waals surface area contributed by atoms with Gasteiger partial charge in [-0.05, 0) is 38.5 Å². The van der Waals surface area contributed by atoms with Crippen LogP contribution in [0.4, 0.5) is 0 Å². The van der Waals surface area contributed by atoms with Gasteiger partial charge in [-0.25, -0.2) is 4.79 Å². The Bertz CT molecular complexity index is 237. The predicted octanol–water partition coefficient (Wildman–Crippen LogP) is 2.93. The Hall–Kier alpha value is -0.790. The van der Waals surface area contributed by atoms with Crippen molar-refractivity contribution < 1.29 is 9.53 Å². The van der Waals surface area contributed by atoms with Crippen LogP contribution in [0.25, 0.3) is 0 Å². The number of hydrogen-bond donors (Lipinski definition) is 0. The fraction of sp³-hybridized carbons (Fsp3) is 0.750. The first-order chi connectivity index (χ1) is 6.56. The largest absolute Gasteiger partial charge is 0.459 e. The lowest BCUT2D eigenvalue weighted by molar-refractivity contribution is -0.144. The minimum Gasteiger partial charge on any atom is -0.459 e. The van der Waals surface area contributed by atoms with E-state index in [1.54, 1.807) is 0 Å². The first kappa shape index (κ1) is 11.3. The summed E-state index contributed by atoms with van der Waals surface area (Å²) in [6.07, 6.45) is 4.37. The number of rotatable bonds is 4. The molecule has 0 aromatic rings. The second-order valence-electron chi connectivity index (χ2n) is 4.35. The van der Waals surface area contributed by atoms with Gasteiger partial charge >= 0.3 is 5.97 Å². The molecule has 0 aliphatic heterocycles. The smallest absolute Gasteiger partial charge is 0.334 e. The van der Waals surface area contributed by atoms with Gasteiger partial charge in [-0.2, -0.15) is 0 Å². The highest BCUT2D eigenvalue weighted by molar-refractivity contribution is 5.88. The molecular formula is C12H20O2. The Morgan fingerprint density at radius 3 is 2.29 bits per heavy atom. The molecule has 80 valence electrons. The highest BCUT2D eigenvalue weighted by Crippen LogP contribution is 2.34. The number of carbonyl (C=O) groups is 1. The van der Waals surface area contributed by atoms with Crippen LogP contribution in [-0.2, 0) is 9.53 Å². The molecule has 0 saturated heterocycles. The van der Waals surface area contributed by atoms with Gasteiger partial charge in [0.1, 0.15) is 6.10 Å². The van der Waals surface area contributed by atoms with E-state index in [2.05, 4.69) is 0 Å². The number of ether oxygens (including phenoxy) is 1. The molecule has 2 heteroatoms. The zero-order valence-corrected chi connectivity index (χ0v) is 9.54. The van der Waals surface area contributed by atoms with Gasteiger partial charge in [0.05, 0.1) is 0 Å². The third kappa shape index (κ3) is 2.86. The molecule has 1 aliphatic carbocycles. The number of allylic oxidation sites excluding steroid dienone is 1. The van der Waals surface area contributed by atoms with Crippen molar-refractivity contribution in [2.24, 2.45) is 11.8 Å². The van der Waals surface area contributed by atoms with Crippen LogP contribution < -0.4 is 0 Å². The molecule has 0 aromatic carbocycles. The average Bonchev–Trinajstić information content (AvgIpc) is 2.85. The summed E-state index contributed by atoms with van der Waals surface area (Å²) in [5, 5.41) is 0. The van der Waals surface area contributed by atoms with Crippen molar-refractivity contribution in [2.45, 2.75) is 46.6 Å². The van der Waals surface area contributed by atoms with Crippen LogP contribution >= 0.6 is 0 Å². The number of hydrogen-bond acceptors (Lipinski definition) is 2. The summed E-state index contributed by atoms with van der Waals surface area (Å²) in [7, 11) is 0. The lowest BCUT2D eigenvalue weighted by Crippen LogP contribution is -2.20. The van der Waals surface area contributed by atoms with E-state index in [-0.39, 0.29) is 18.0 Å². The van der Waals surface area contributed by atoms with Crippen molar-refractivity contribution in [3.8, 4) is 0 Å². The SMILES string of the molecule is C/C=C(/C(=O)OC(C)C1CC1)C(C)C. The fourth-order valence-electron chi connectivity index (χ4n) is 1.59. The monoisotopic (exact) mass is 196 g/mol. The molecule has 2 nitrogen and oxygen atoms in total. The second kappa shape index (κ2) is 4.63. The molecule has 1 fully saturated rings. The molecular weight excluding hydrogens is 176 g/mol. The van der Waals surface area contributed by atoms with E-state index in [1.807, 2.05) is 33.8 Å². The molecule has 1 saturated carbocycles. The second-order valence-corrected chi connectivity index (χ2v) is 4.35. The van der Waals surface area contributed by atoms with Gasteiger partial charge < -0.3 is 4.74 Å². The van der Waals surface area contributed by atoms with Gasteiger partial charge in [-0.1, -0.05) is 19.9 Å². The van der Waals surface area contributed by atoms with E-state index in [0.29, 0.717) is 5.92 Å². The number of esters is 1. The zero-order chi connectivity index (χ0) is 10.7. The van der Waals surface area contributed by atoms with Gasteiger partial charge in [0.15, 0.2) is 0 Å². The van der Waals surface area contributed by atoms with Crippen molar-refractivity contribution in [2.75, 3.05) is 0 Å². The van der Waals surface area contributed by atoms with Gasteiger partial charge in [-0.3, -0.25) is 0 Å². The summed E-state index contributed by atoms with van der Waals surface area (Å²) in [6, 6.07) is 0. The van der Waals surface area contributed by atoms with Crippen molar-refractivity contribution in [3.05, 3.63) is 11.6 Å². The lowest BCUT2D eigenvalue weighted by atomic mass is 10.0. The topological polar surface area (TPSA) is 26.3 Å². The average molecular weight is 196 g/mol. The quantitative estimate of drug-likeness (QED) is 0.510. The van der Waals surface area contributed by atoms with E-state index in [4.69, 9.17) is 4.74 Å². The van der Waals surface area contributed by atoms with Crippen molar-refractivity contribution in [1.29, 1.82) is 0 Å². The summed E-state index contributed by atoms with van der Waals surface area (Å²) in [4.78, 5) is 11.7. The third-order valence-electron chi connectivity index (χ3n) is 2.75. The van der Waals surface area contributed by atoms with Gasteiger partial charge in [-0.15, -0.1) is 0 Å². The molecule has 0 spiro atoms. The van der Waals surface area contributed by atoms with Gasteiger partial charge in [0.25, 0.3) is 0 Å². The molecule has 1 atom stereocenters. The Morgan fingerprint density at radius 1 is 1.36 bits per heavy atom. The summed E-state index contributed by atoms with van der Waals surface area (Å²) in [5.74, 6) is 0.727. The lowest BCUT2D eigenvalue weighted by Gasteiger charge is -2.15. The van der Waals surface area contributed by atoms with E-state index in [1.165, 1.54) is 12.8 Å². The minimum atomic E-state index is -0.137. The van der Waals surface area contributed by atoms with Crippen LogP contribution in [0, 0.1) is 11.8 Å². The number of carbonyl (C=O) groups excluding carboxylic acids is 1. The van der Waals surface area contributed by atoms with Gasteiger partial charge in [0.2, 0.25) is 0 Å². The van der Waals surface area contributed by atoms with Crippen LogP contribution in [0.1, 0.15) is 40.5 Å². The highest BCUT2D eigenvalue weighted by Gasteiger charge is 2.31. The molecule has 0 heterocycles. The zero-order valence-electron chi connectivity index (χ0n) is 9.54. The molecule has 0 N–H and O–H groups in total. The Labute approximate surface area is 86.3 Å². The Kier molecular flexibility index (Phi) is 3.73. The Morgan fingerprint density at radius 2 is 1.93 bits per heavy atom. The van der Waals surface area contributed by atoms with E-state index >= 15 is 0 Å². The molecule has 0 bridgehead atoms. The van der Waals surface area contributed by atoms with Crippen molar-refractivity contribution in [1.82, 2.24) is 0 Å². The summed E-state index contributed by atoms with van der Waals surface area (Å²) in [5.41, 5.74) is 0.789. The maximum Gasteiger partial charge on any atom is 0.334 e. The summed E-state index contributed by atoms with van der Waals surface area (Å²) >= 11 is 0. The third-order valence-corrected chi connectivity index (χ3v) is 2.75. The van der Waals surface area contributed by atoms with Crippen molar-refractivity contribution >= 4 is 5.97 Å². The maximum absolute atomic E-state index is 11.7. The highest BCUT2D eigenvalue weighted by atomic mass is 16.5. The molecule has 1 unspecified atom stereocenters. The van der Waals surface area contributed by atoms with E-state index in [0.717, 1.165) is 5.57 Å². The molecule has 0 radical (unpaired) electrons. The van der Waals surface area contributed by atoms with E-state index in [9.17, 15) is 4.79 Å². The van der Waals surface area contributed by atoms with Crippen LogP contribution in [0.5, 0.6) is 0 Å². The summed E-state index contributed by atoms with van der Waals surface area (Å²) in [6.45, 7) is 7.90. The first-order valence-corrected chi connectivity index (χ1v) is 5.43. The van der Waals surface area contributed by atoms with E-state index < -0.39 is 0 Å². The molecule has 14 heavy (non-hydrogen) atoms. The van der Waals surface area contributed by atoms with Crippen LogP contribution in [-0.4, -0.2) is 12.1 Å². The standard InChI is InChI=1S/C12H20O2/c1-5-11(8(2)3)12(13)14-9(4)10-6-7-10/h5,8-10H,6-7H2,1-4H3/b11-5+. The molecule has 1 aliphatic rings. The summed E-state index contributed by atoms with van der Waals surface area (Å²) < 4.78 is 5.38. The predicted molar refractivity (Wildman–Crippen MR) is 56.9 cm³/mol. The fourth-order valence-corrected chi connectivity index (χ4v) is 1.59.